The molecule has 0 aromatic carbocycles. The molecular weight excluding hydrogens is 348 g/mol. The SMILES string of the molecule is CC(=O)O[C@H]([C@H](OC(C)=O)[C@H](CCl)OC(C)=O)[C@@H](C=O)OC(C)=O. The van der Waals surface area contributed by atoms with Crippen LogP contribution in [0.5, 0.6) is 0 Å². The van der Waals surface area contributed by atoms with Gasteiger partial charge in [0.1, 0.15) is 0 Å². The second-order valence-electron chi connectivity index (χ2n) is 4.66. The molecule has 0 aliphatic carbocycles. The summed E-state index contributed by atoms with van der Waals surface area (Å²) < 4.78 is 19.7. The third kappa shape index (κ3) is 7.91. The normalized spacial score (nSPS) is 15.2. The average Bonchev–Trinajstić information content (AvgIpc) is 2.45. The molecule has 9 nitrogen and oxygen atoms in total. The number of carbonyl (C=O) groups excluding carboxylic acids is 5. The fourth-order valence-electron chi connectivity index (χ4n) is 1.82. The van der Waals surface area contributed by atoms with Crippen LogP contribution in [0.3, 0.4) is 0 Å². The minimum Gasteiger partial charge on any atom is -0.457 e. The average molecular weight is 367 g/mol. The lowest BCUT2D eigenvalue weighted by atomic mass is 10.0. The van der Waals surface area contributed by atoms with Gasteiger partial charge >= 0.3 is 23.9 Å². The van der Waals surface area contributed by atoms with Crippen molar-refractivity contribution in [3.05, 3.63) is 0 Å². The molecule has 0 rings (SSSR count). The van der Waals surface area contributed by atoms with Crippen LogP contribution in [0.2, 0.25) is 0 Å². The second-order valence-corrected chi connectivity index (χ2v) is 4.97. The summed E-state index contributed by atoms with van der Waals surface area (Å²) in [6.07, 6.45) is -5.63. The van der Waals surface area contributed by atoms with Crippen molar-refractivity contribution < 1.29 is 42.9 Å². The number of hydrogen-bond donors (Lipinski definition) is 0. The number of alkyl halides is 1. The van der Waals surface area contributed by atoms with Gasteiger partial charge in [-0.25, -0.2) is 0 Å². The monoisotopic (exact) mass is 366 g/mol. The van der Waals surface area contributed by atoms with E-state index >= 15 is 0 Å². The molecule has 0 aliphatic heterocycles. The molecule has 0 aromatic rings. The Morgan fingerprint density at radius 2 is 1.21 bits per heavy atom. The minimum absolute atomic E-state index is 0.199. The standard InChI is InChI=1S/C14H19ClO9/c1-7(17)21-11(5-15)13(23-9(3)19)14(24-10(4)20)12(6-16)22-8(2)18/h6,11-14H,5H2,1-4H3/t11-,12+,13+,14-/m0/s1. The molecule has 0 saturated heterocycles. The van der Waals surface area contributed by atoms with Crippen LogP contribution in [-0.2, 0) is 42.9 Å². The molecule has 0 aliphatic rings. The number of aldehydes is 1. The Morgan fingerprint density at radius 1 is 0.792 bits per heavy atom. The van der Waals surface area contributed by atoms with Gasteiger partial charge in [0.05, 0.1) is 5.88 Å². The summed E-state index contributed by atoms with van der Waals surface area (Å²) in [5, 5.41) is 0. The van der Waals surface area contributed by atoms with Crippen molar-refractivity contribution in [3.8, 4) is 0 Å². The molecule has 0 heterocycles. The maximum absolute atomic E-state index is 11.3. The molecule has 0 radical (unpaired) electrons. The van der Waals surface area contributed by atoms with E-state index in [2.05, 4.69) is 0 Å². The Hall–Kier alpha value is -2.16. The van der Waals surface area contributed by atoms with Gasteiger partial charge in [-0.05, 0) is 0 Å². The molecule has 0 saturated carbocycles. The van der Waals surface area contributed by atoms with Gasteiger partial charge in [-0.2, -0.15) is 0 Å². The summed E-state index contributed by atoms with van der Waals surface area (Å²) in [7, 11) is 0. The van der Waals surface area contributed by atoms with E-state index in [1.807, 2.05) is 0 Å². The van der Waals surface area contributed by atoms with Gasteiger partial charge in [-0.3, -0.25) is 24.0 Å². The minimum atomic E-state index is -1.59. The topological polar surface area (TPSA) is 122 Å². The molecule has 0 N–H and O–H groups in total. The van der Waals surface area contributed by atoms with Crippen molar-refractivity contribution >= 4 is 41.8 Å². The van der Waals surface area contributed by atoms with Gasteiger partial charge in [0.25, 0.3) is 0 Å². The molecule has 24 heavy (non-hydrogen) atoms. The molecule has 0 bridgehead atoms. The van der Waals surface area contributed by atoms with Crippen LogP contribution in [0.1, 0.15) is 27.7 Å². The molecule has 0 unspecified atom stereocenters. The lowest BCUT2D eigenvalue weighted by Gasteiger charge is -2.33. The Balaban J connectivity index is 5.79. The highest BCUT2D eigenvalue weighted by molar-refractivity contribution is 6.18. The maximum Gasteiger partial charge on any atom is 0.303 e. The number of carbonyl (C=O) groups is 5. The molecule has 0 spiro atoms. The van der Waals surface area contributed by atoms with Crippen molar-refractivity contribution in [2.75, 3.05) is 5.88 Å². The second kappa shape index (κ2) is 10.6. The van der Waals surface area contributed by atoms with Gasteiger partial charge in [-0.15, -0.1) is 11.6 Å². The first-order chi connectivity index (χ1) is 11.1. The van der Waals surface area contributed by atoms with Crippen molar-refractivity contribution in [1.82, 2.24) is 0 Å². The molecule has 0 aromatic heterocycles. The Morgan fingerprint density at radius 3 is 1.54 bits per heavy atom. The number of halogens is 1. The van der Waals surface area contributed by atoms with Crippen LogP contribution in [0.25, 0.3) is 0 Å². The van der Waals surface area contributed by atoms with Crippen molar-refractivity contribution in [3.63, 3.8) is 0 Å². The molecule has 0 amide bonds. The molecule has 136 valence electrons. The van der Waals surface area contributed by atoms with Crippen LogP contribution in [0, 0.1) is 0 Å². The number of esters is 4. The van der Waals surface area contributed by atoms with Crippen LogP contribution in [0.15, 0.2) is 0 Å². The molecule has 4 atom stereocenters. The highest BCUT2D eigenvalue weighted by Crippen LogP contribution is 2.19. The highest BCUT2D eigenvalue weighted by atomic mass is 35.5. The first-order valence-corrected chi connectivity index (χ1v) is 7.35. The lowest BCUT2D eigenvalue weighted by molar-refractivity contribution is -0.195. The number of ether oxygens (including phenoxy) is 4. The predicted molar refractivity (Wildman–Crippen MR) is 79.0 cm³/mol. The molecule has 10 heteroatoms. The predicted octanol–water partition coefficient (Wildman–Crippen LogP) is 0.151. The van der Waals surface area contributed by atoms with E-state index in [0.717, 1.165) is 27.7 Å². The lowest BCUT2D eigenvalue weighted by Crippen LogP contribution is -2.52. The highest BCUT2D eigenvalue weighted by Gasteiger charge is 2.43. The van der Waals surface area contributed by atoms with Crippen LogP contribution >= 0.6 is 11.6 Å². The summed E-state index contributed by atoms with van der Waals surface area (Å²) in [5.41, 5.74) is 0. The van der Waals surface area contributed by atoms with E-state index in [1.54, 1.807) is 0 Å². The number of hydrogen-bond acceptors (Lipinski definition) is 9. The van der Waals surface area contributed by atoms with E-state index < -0.39 is 48.3 Å². The zero-order valence-corrected chi connectivity index (χ0v) is 14.4. The Kier molecular flexibility index (Phi) is 9.63. The molecular formula is C14H19ClO9. The van der Waals surface area contributed by atoms with Crippen molar-refractivity contribution in [1.29, 1.82) is 0 Å². The third-order valence-electron chi connectivity index (χ3n) is 2.52. The quantitative estimate of drug-likeness (QED) is 0.243. The third-order valence-corrected chi connectivity index (χ3v) is 2.83. The van der Waals surface area contributed by atoms with E-state index in [4.69, 9.17) is 30.5 Å². The maximum atomic E-state index is 11.3. The van der Waals surface area contributed by atoms with Crippen LogP contribution in [0.4, 0.5) is 0 Å². The molecule has 0 fully saturated rings. The summed E-state index contributed by atoms with van der Waals surface area (Å²) in [4.78, 5) is 56.2. The van der Waals surface area contributed by atoms with Crippen molar-refractivity contribution in [2.24, 2.45) is 0 Å². The summed E-state index contributed by atoms with van der Waals surface area (Å²) in [6, 6.07) is 0. The summed E-state index contributed by atoms with van der Waals surface area (Å²) >= 11 is 5.72. The Labute approximate surface area is 143 Å². The van der Waals surface area contributed by atoms with Crippen LogP contribution < -0.4 is 0 Å². The van der Waals surface area contributed by atoms with E-state index in [0.29, 0.717) is 0 Å². The smallest absolute Gasteiger partial charge is 0.303 e. The summed E-state index contributed by atoms with van der Waals surface area (Å²) in [5.74, 6) is -3.56. The zero-order chi connectivity index (χ0) is 18.9. The first kappa shape index (κ1) is 21.8. The number of rotatable bonds is 9. The Bertz CT molecular complexity index is 491. The zero-order valence-electron chi connectivity index (χ0n) is 13.6. The van der Waals surface area contributed by atoms with Gasteiger partial charge < -0.3 is 18.9 Å². The van der Waals surface area contributed by atoms with Gasteiger partial charge in [0, 0.05) is 27.7 Å². The van der Waals surface area contributed by atoms with Gasteiger partial charge in [-0.1, -0.05) is 0 Å². The van der Waals surface area contributed by atoms with Gasteiger partial charge in [0.2, 0.25) is 0 Å². The van der Waals surface area contributed by atoms with E-state index in [-0.39, 0.29) is 12.2 Å². The fourth-order valence-corrected chi connectivity index (χ4v) is 2.06. The van der Waals surface area contributed by atoms with E-state index in [1.165, 1.54) is 0 Å². The fraction of sp³-hybridized carbons (Fsp3) is 0.643. The largest absolute Gasteiger partial charge is 0.457 e. The first-order valence-electron chi connectivity index (χ1n) is 6.82. The van der Waals surface area contributed by atoms with E-state index in [9.17, 15) is 24.0 Å². The summed E-state index contributed by atoms with van der Waals surface area (Å²) in [6.45, 7) is 4.22. The van der Waals surface area contributed by atoms with Crippen molar-refractivity contribution in [2.45, 2.75) is 52.1 Å². The van der Waals surface area contributed by atoms with Gasteiger partial charge in [0.15, 0.2) is 30.7 Å². The van der Waals surface area contributed by atoms with Crippen LogP contribution in [-0.4, -0.2) is 60.5 Å².